The van der Waals surface area contributed by atoms with E-state index in [2.05, 4.69) is 13.0 Å². The molecule has 0 radical (unpaired) electrons. The van der Waals surface area contributed by atoms with Gasteiger partial charge in [-0.05, 0) is 37.5 Å². The first kappa shape index (κ1) is 9.23. The second kappa shape index (κ2) is 2.88. The number of hydrogen-bond donors (Lipinski definition) is 2. The van der Waals surface area contributed by atoms with Gasteiger partial charge in [-0.2, -0.15) is 0 Å². The fraction of sp³-hybridized carbons (Fsp3) is 0.400. The zero-order valence-electron chi connectivity index (χ0n) is 7.89. The fourth-order valence-electron chi connectivity index (χ4n) is 1.33. The van der Waals surface area contributed by atoms with Crippen LogP contribution in [0.1, 0.15) is 23.6 Å². The van der Waals surface area contributed by atoms with E-state index in [0.717, 1.165) is 5.56 Å². The third-order valence-electron chi connectivity index (χ3n) is 2.18. The van der Waals surface area contributed by atoms with Crippen LogP contribution in [0.2, 0.25) is 0 Å². The fourth-order valence-corrected chi connectivity index (χ4v) is 1.33. The van der Waals surface area contributed by atoms with E-state index < -0.39 is 5.66 Å². The Balaban J connectivity index is 3.26. The number of nitrogens with two attached hydrogens (primary N) is 2. The SMILES string of the molecule is Cc1cccc(C(C)(N)N)c1C. The van der Waals surface area contributed by atoms with Crippen LogP contribution in [0.15, 0.2) is 18.2 Å². The van der Waals surface area contributed by atoms with E-state index in [-0.39, 0.29) is 0 Å². The van der Waals surface area contributed by atoms with Crippen molar-refractivity contribution in [2.75, 3.05) is 0 Å². The molecule has 1 rings (SSSR count). The van der Waals surface area contributed by atoms with Crippen molar-refractivity contribution in [3.63, 3.8) is 0 Å². The molecule has 0 aliphatic rings. The summed E-state index contributed by atoms with van der Waals surface area (Å²) in [7, 11) is 0. The van der Waals surface area contributed by atoms with Gasteiger partial charge >= 0.3 is 0 Å². The van der Waals surface area contributed by atoms with E-state index in [1.165, 1.54) is 11.1 Å². The van der Waals surface area contributed by atoms with Gasteiger partial charge in [-0.25, -0.2) is 0 Å². The quantitative estimate of drug-likeness (QED) is 0.616. The van der Waals surface area contributed by atoms with Crippen molar-refractivity contribution in [2.24, 2.45) is 11.5 Å². The largest absolute Gasteiger partial charge is 0.310 e. The van der Waals surface area contributed by atoms with Crippen LogP contribution in [0.5, 0.6) is 0 Å². The molecule has 1 aromatic rings. The van der Waals surface area contributed by atoms with Gasteiger partial charge in [0.15, 0.2) is 0 Å². The minimum atomic E-state index is -0.726. The lowest BCUT2D eigenvalue weighted by Crippen LogP contribution is -2.43. The summed E-state index contributed by atoms with van der Waals surface area (Å²) in [6.07, 6.45) is 0. The van der Waals surface area contributed by atoms with Crippen molar-refractivity contribution in [1.29, 1.82) is 0 Å². The molecule has 0 aliphatic heterocycles. The van der Waals surface area contributed by atoms with E-state index in [1.807, 2.05) is 26.0 Å². The molecule has 0 bridgehead atoms. The molecule has 0 fully saturated rings. The molecule has 2 heteroatoms. The molecule has 0 unspecified atom stereocenters. The van der Waals surface area contributed by atoms with E-state index >= 15 is 0 Å². The highest BCUT2D eigenvalue weighted by Gasteiger charge is 2.16. The highest BCUT2D eigenvalue weighted by molar-refractivity contribution is 5.36. The molecule has 0 heterocycles. The van der Waals surface area contributed by atoms with Crippen LogP contribution in [-0.4, -0.2) is 0 Å². The van der Waals surface area contributed by atoms with E-state index in [0.29, 0.717) is 0 Å². The molecule has 0 aromatic heterocycles. The second-order valence-corrected chi connectivity index (χ2v) is 3.53. The first-order valence-electron chi connectivity index (χ1n) is 4.07. The summed E-state index contributed by atoms with van der Waals surface area (Å²) < 4.78 is 0. The Hall–Kier alpha value is -0.860. The maximum absolute atomic E-state index is 5.80. The van der Waals surface area contributed by atoms with Crippen molar-refractivity contribution in [2.45, 2.75) is 26.4 Å². The highest BCUT2D eigenvalue weighted by Crippen LogP contribution is 2.19. The Labute approximate surface area is 73.6 Å². The lowest BCUT2D eigenvalue weighted by molar-refractivity contribution is 0.517. The Morgan fingerprint density at radius 1 is 1.17 bits per heavy atom. The maximum atomic E-state index is 5.80. The Morgan fingerprint density at radius 2 is 1.75 bits per heavy atom. The third kappa shape index (κ3) is 1.65. The highest BCUT2D eigenvalue weighted by atomic mass is 14.9. The van der Waals surface area contributed by atoms with Gasteiger partial charge in [0.1, 0.15) is 0 Å². The zero-order valence-corrected chi connectivity index (χ0v) is 7.89. The van der Waals surface area contributed by atoms with Gasteiger partial charge in [0.2, 0.25) is 0 Å². The summed E-state index contributed by atoms with van der Waals surface area (Å²) in [5.41, 5.74) is 14.3. The molecule has 2 nitrogen and oxygen atoms in total. The molecule has 0 saturated carbocycles. The summed E-state index contributed by atoms with van der Waals surface area (Å²) in [4.78, 5) is 0. The van der Waals surface area contributed by atoms with Crippen molar-refractivity contribution in [3.05, 3.63) is 34.9 Å². The van der Waals surface area contributed by atoms with E-state index in [1.54, 1.807) is 0 Å². The van der Waals surface area contributed by atoms with Gasteiger partial charge in [-0.1, -0.05) is 18.2 Å². The minimum Gasteiger partial charge on any atom is -0.310 e. The molecular weight excluding hydrogens is 148 g/mol. The van der Waals surface area contributed by atoms with Crippen molar-refractivity contribution in [1.82, 2.24) is 0 Å². The van der Waals surface area contributed by atoms with Crippen LogP contribution in [0, 0.1) is 13.8 Å². The molecule has 0 aliphatic carbocycles. The van der Waals surface area contributed by atoms with Crippen LogP contribution in [0.4, 0.5) is 0 Å². The van der Waals surface area contributed by atoms with Gasteiger partial charge in [-0.15, -0.1) is 0 Å². The summed E-state index contributed by atoms with van der Waals surface area (Å²) in [6.45, 7) is 5.92. The standard InChI is InChI=1S/C10H16N2/c1-7-5-4-6-9(8(7)2)10(3,11)12/h4-6H,11-12H2,1-3H3. The molecule has 66 valence electrons. The van der Waals surface area contributed by atoms with E-state index in [9.17, 15) is 0 Å². The average Bonchev–Trinajstić information content (AvgIpc) is 1.92. The molecule has 1 aromatic carbocycles. The minimum absolute atomic E-state index is 0.726. The van der Waals surface area contributed by atoms with Crippen LogP contribution >= 0.6 is 0 Å². The number of rotatable bonds is 1. The zero-order chi connectivity index (χ0) is 9.35. The molecule has 0 spiro atoms. The monoisotopic (exact) mass is 164 g/mol. The maximum Gasteiger partial charge on any atom is 0.0872 e. The molecule has 0 amide bonds. The normalized spacial score (nSPS) is 11.8. The van der Waals surface area contributed by atoms with Gasteiger partial charge in [0.05, 0.1) is 5.66 Å². The molecule has 4 N–H and O–H groups in total. The van der Waals surface area contributed by atoms with Gasteiger partial charge in [-0.3, -0.25) is 0 Å². The topological polar surface area (TPSA) is 52.0 Å². The van der Waals surface area contributed by atoms with Crippen LogP contribution in [-0.2, 0) is 5.66 Å². The number of hydrogen-bond acceptors (Lipinski definition) is 2. The second-order valence-electron chi connectivity index (χ2n) is 3.53. The average molecular weight is 164 g/mol. The molecule has 0 atom stereocenters. The molecule has 0 saturated heterocycles. The summed E-state index contributed by atoms with van der Waals surface area (Å²) in [5.74, 6) is 0. The molecule has 12 heavy (non-hydrogen) atoms. The third-order valence-corrected chi connectivity index (χ3v) is 2.18. The van der Waals surface area contributed by atoms with E-state index in [4.69, 9.17) is 11.5 Å². The van der Waals surface area contributed by atoms with Crippen molar-refractivity contribution in [3.8, 4) is 0 Å². The predicted octanol–water partition coefficient (Wildman–Crippen LogP) is 1.39. The Morgan fingerprint density at radius 3 is 2.17 bits per heavy atom. The molecular formula is C10H16N2. The summed E-state index contributed by atoms with van der Waals surface area (Å²) in [6, 6.07) is 6.02. The van der Waals surface area contributed by atoms with Crippen molar-refractivity contribution < 1.29 is 0 Å². The lowest BCUT2D eigenvalue weighted by Gasteiger charge is -2.22. The first-order chi connectivity index (χ1) is 5.43. The van der Waals surface area contributed by atoms with Gasteiger partial charge in [0.25, 0.3) is 0 Å². The number of aryl methyl sites for hydroxylation is 1. The van der Waals surface area contributed by atoms with Crippen LogP contribution in [0.3, 0.4) is 0 Å². The first-order valence-corrected chi connectivity index (χ1v) is 4.07. The van der Waals surface area contributed by atoms with Crippen LogP contribution in [0.25, 0.3) is 0 Å². The summed E-state index contributed by atoms with van der Waals surface area (Å²) in [5, 5.41) is 0. The predicted molar refractivity (Wildman–Crippen MR) is 51.6 cm³/mol. The Kier molecular flexibility index (Phi) is 2.22. The smallest absolute Gasteiger partial charge is 0.0872 e. The number of benzene rings is 1. The summed E-state index contributed by atoms with van der Waals surface area (Å²) >= 11 is 0. The van der Waals surface area contributed by atoms with Crippen LogP contribution < -0.4 is 11.5 Å². The van der Waals surface area contributed by atoms with Gasteiger partial charge < -0.3 is 11.5 Å². The van der Waals surface area contributed by atoms with Crippen molar-refractivity contribution >= 4 is 0 Å². The lowest BCUT2D eigenvalue weighted by atomic mass is 9.95. The van der Waals surface area contributed by atoms with Gasteiger partial charge in [0, 0.05) is 0 Å². The Bertz CT molecular complexity index is 284.